The number of benzene rings is 3. The fraction of sp³-hybridized carbons (Fsp3) is 0.214. The number of hydrogen-bond donors (Lipinski definition) is 1. The van der Waals surface area contributed by atoms with Gasteiger partial charge in [-0.3, -0.25) is 14.5 Å². The molecule has 37 heavy (non-hydrogen) atoms. The van der Waals surface area contributed by atoms with E-state index in [-0.39, 0.29) is 16.9 Å². The molecular formula is C28H26ClNO7. The Kier molecular flexibility index (Phi) is 7.59. The normalized spacial score (nSPS) is 16.6. The average Bonchev–Trinajstić information content (AvgIpc) is 3.18. The summed E-state index contributed by atoms with van der Waals surface area (Å²) in [5, 5.41) is 11.7. The summed E-state index contributed by atoms with van der Waals surface area (Å²) < 4.78 is 21.7. The van der Waals surface area contributed by atoms with E-state index in [4.69, 9.17) is 30.5 Å². The Morgan fingerprint density at radius 3 is 2.32 bits per heavy atom. The van der Waals surface area contributed by atoms with E-state index in [0.717, 1.165) is 0 Å². The van der Waals surface area contributed by atoms with Crippen molar-refractivity contribution >= 4 is 34.7 Å². The van der Waals surface area contributed by atoms with Crippen LogP contribution in [-0.2, 0) is 9.59 Å². The number of carbonyl (C=O) groups is 2. The number of Topliss-reactive ketones (excluding diaryl/α,β-unsaturated/α-hetero) is 1. The fourth-order valence-corrected chi connectivity index (χ4v) is 4.48. The molecule has 0 aromatic heterocycles. The van der Waals surface area contributed by atoms with Gasteiger partial charge in [-0.1, -0.05) is 23.7 Å². The molecule has 1 fully saturated rings. The molecule has 0 radical (unpaired) electrons. The molecule has 9 heteroatoms. The Bertz CT molecular complexity index is 1380. The SMILES string of the molecule is CCOc1cccc(N2C(=O)C(=O)/C(=C(\O)c3ccc(Cl)c(OC)c3)C2c2ccc(OC)c(OC)c2)c1. The third kappa shape index (κ3) is 4.80. The minimum atomic E-state index is -0.974. The minimum Gasteiger partial charge on any atom is -0.507 e. The van der Waals surface area contributed by atoms with E-state index in [9.17, 15) is 14.7 Å². The second-order valence-electron chi connectivity index (χ2n) is 8.06. The number of carbonyl (C=O) groups excluding carboxylic acids is 2. The molecule has 0 saturated carbocycles. The van der Waals surface area contributed by atoms with Crippen molar-refractivity contribution in [3.8, 4) is 23.0 Å². The van der Waals surface area contributed by atoms with Crippen LogP contribution in [0.3, 0.4) is 0 Å². The molecule has 3 aromatic rings. The van der Waals surface area contributed by atoms with E-state index in [1.165, 1.54) is 32.3 Å². The predicted molar refractivity (Wildman–Crippen MR) is 140 cm³/mol. The summed E-state index contributed by atoms with van der Waals surface area (Å²) in [6.45, 7) is 2.28. The number of ether oxygens (including phenoxy) is 4. The number of hydrogen-bond acceptors (Lipinski definition) is 7. The summed E-state index contributed by atoms with van der Waals surface area (Å²) in [6, 6.07) is 15.6. The lowest BCUT2D eigenvalue weighted by Crippen LogP contribution is -2.29. The van der Waals surface area contributed by atoms with Crippen molar-refractivity contribution in [2.24, 2.45) is 0 Å². The predicted octanol–water partition coefficient (Wildman–Crippen LogP) is 5.39. The van der Waals surface area contributed by atoms with Crippen LogP contribution < -0.4 is 23.8 Å². The number of halogens is 1. The van der Waals surface area contributed by atoms with Gasteiger partial charge in [0.1, 0.15) is 17.3 Å². The molecule has 1 amide bonds. The molecule has 8 nitrogen and oxygen atoms in total. The first-order chi connectivity index (χ1) is 17.8. The Hall–Kier alpha value is -4.17. The highest BCUT2D eigenvalue weighted by Gasteiger charge is 2.47. The van der Waals surface area contributed by atoms with Crippen LogP contribution in [-0.4, -0.2) is 44.7 Å². The highest BCUT2D eigenvalue weighted by molar-refractivity contribution is 6.51. The Labute approximate surface area is 219 Å². The Morgan fingerprint density at radius 2 is 1.65 bits per heavy atom. The summed E-state index contributed by atoms with van der Waals surface area (Å²) in [5.41, 5.74) is 1.14. The lowest BCUT2D eigenvalue weighted by molar-refractivity contribution is -0.132. The van der Waals surface area contributed by atoms with Gasteiger partial charge < -0.3 is 24.1 Å². The third-order valence-electron chi connectivity index (χ3n) is 6.00. The van der Waals surface area contributed by atoms with Crippen LogP contribution in [0.15, 0.2) is 66.2 Å². The van der Waals surface area contributed by atoms with Gasteiger partial charge in [-0.25, -0.2) is 0 Å². The smallest absolute Gasteiger partial charge is 0.300 e. The number of amides is 1. The van der Waals surface area contributed by atoms with Gasteiger partial charge >= 0.3 is 0 Å². The summed E-state index contributed by atoms with van der Waals surface area (Å²) >= 11 is 6.15. The zero-order valence-corrected chi connectivity index (χ0v) is 21.5. The van der Waals surface area contributed by atoms with Crippen LogP contribution in [0.4, 0.5) is 5.69 Å². The number of methoxy groups -OCH3 is 3. The van der Waals surface area contributed by atoms with E-state index in [2.05, 4.69) is 0 Å². The maximum absolute atomic E-state index is 13.4. The maximum Gasteiger partial charge on any atom is 0.300 e. The zero-order valence-electron chi connectivity index (χ0n) is 20.8. The van der Waals surface area contributed by atoms with Crippen LogP contribution in [0, 0.1) is 0 Å². The lowest BCUT2D eigenvalue weighted by atomic mass is 9.94. The number of ketones is 1. The Morgan fingerprint density at radius 1 is 0.919 bits per heavy atom. The first-order valence-corrected chi connectivity index (χ1v) is 11.8. The van der Waals surface area contributed by atoms with Gasteiger partial charge in [0.25, 0.3) is 11.7 Å². The molecule has 3 aromatic carbocycles. The van der Waals surface area contributed by atoms with Crippen molar-refractivity contribution in [2.45, 2.75) is 13.0 Å². The molecule has 0 bridgehead atoms. The highest BCUT2D eigenvalue weighted by Crippen LogP contribution is 2.45. The minimum absolute atomic E-state index is 0.0941. The molecule has 1 aliphatic rings. The van der Waals surface area contributed by atoms with Crippen molar-refractivity contribution < 1.29 is 33.6 Å². The van der Waals surface area contributed by atoms with Gasteiger partial charge in [-0.15, -0.1) is 0 Å². The van der Waals surface area contributed by atoms with E-state index in [1.807, 2.05) is 6.92 Å². The largest absolute Gasteiger partial charge is 0.507 e. The first kappa shape index (κ1) is 25.9. The highest BCUT2D eigenvalue weighted by atomic mass is 35.5. The van der Waals surface area contributed by atoms with Crippen LogP contribution in [0.1, 0.15) is 24.1 Å². The molecule has 1 N–H and O–H groups in total. The lowest BCUT2D eigenvalue weighted by Gasteiger charge is -2.26. The van der Waals surface area contributed by atoms with Crippen molar-refractivity contribution in [1.82, 2.24) is 0 Å². The van der Waals surface area contributed by atoms with E-state index >= 15 is 0 Å². The van der Waals surface area contributed by atoms with Crippen molar-refractivity contribution in [2.75, 3.05) is 32.8 Å². The summed E-state index contributed by atoms with van der Waals surface area (Å²) in [5.74, 6) is -0.270. The second kappa shape index (κ2) is 10.8. The maximum atomic E-state index is 13.4. The summed E-state index contributed by atoms with van der Waals surface area (Å²) in [6.07, 6.45) is 0. The van der Waals surface area contributed by atoms with Crippen LogP contribution in [0.25, 0.3) is 5.76 Å². The molecule has 1 heterocycles. The van der Waals surface area contributed by atoms with Crippen molar-refractivity contribution in [3.63, 3.8) is 0 Å². The molecule has 0 aliphatic carbocycles. The molecule has 4 rings (SSSR count). The van der Waals surface area contributed by atoms with Crippen molar-refractivity contribution in [3.05, 3.63) is 82.4 Å². The summed E-state index contributed by atoms with van der Waals surface area (Å²) in [7, 11) is 4.44. The standard InChI is InChI=1S/C28H26ClNO7/c1-5-37-19-8-6-7-18(15-19)30-25(16-10-12-21(34-2)23(13-16)36-4)24(27(32)28(30)33)26(31)17-9-11-20(29)22(14-17)35-3/h6-15,25,31H,5H2,1-4H3/b26-24-. The molecule has 192 valence electrons. The molecule has 1 unspecified atom stereocenters. The topological polar surface area (TPSA) is 94.5 Å². The van der Waals surface area contributed by atoms with Gasteiger partial charge in [0.15, 0.2) is 11.5 Å². The average molecular weight is 524 g/mol. The van der Waals surface area contributed by atoms with Gasteiger partial charge in [0.2, 0.25) is 0 Å². The fourth-order valence-electron chi connectivity index (χ4n) is 4.29. The number of rotatable bonds is 8. The van der Waals surface area contributed by atoms with E-state index in [1.54, 1.807) is 54.6 Å². The third-order valence-corrected chi connectivity index (χ3v) is 6.31. The molecule has 1 aliphatic heterocycles. The van der Waals surface area contributed by atoms with Gasteiger partial charge in [0, 0.05) is 17.3 Å². The number of anilines is 1. The van der Waals surface area contributed by atoms with E-state index < -0.39 is 17.7 Å². The first-order valence-electron chi connectivity index (χ1n) is 11.4. The zero-order chi connectivity index (χ0) is 26.7. The molecule has 1 saturated heterocycles. The van der Waals surface area contributed by atoms with Gasteiger partial charge in [0.05, 0.1) is 44.6 Å². The number of aliphatic hydroxyl groups excluding tert-OH is 1. The van der Waals surface area contributed by atoms with Crippen LogP contribution in [0.2, 0.25) is 5.02 Å². The van der Waals surface area contributed by atoms with Crippen molar-refractivity contribution in [1.29, 1.82) is 0 Å². The number of nitrogens with zero attached hydrogens (tertiary/aromatic N) is 1. The monoisotopic (exact) mass is 523 g/mol. The molecule has 1 atom stereocenters. The van der Waals surface area contributed by atoms with Gasteiger partial charge in [-0.05, 0) is 55.0 Å². The van der Waals surface area contributed by atoms with Gasteiger partial charge in [-0.2, -0.15) is 0 Å². The quantitative estimate of drug-likeness (QED) is 0.240. The van der Waals surface area contributed by atoms with E-state index in [0.29, 0.717) is 45.9 Å². The molecular weight excluding hydrogens is 498 g/mol. The molecule has 0 spiro atoms. The number of aliphatic hydroxyl groups is 1. The second-order valence-corrected chi connectivity index (χ2v) is 8.47. The summed E-state index contributed by atoms with van der Waals surface area (Å²) in [4.78, 5) is 28.2. The van der Waals surface area contributed by atoms with Crippen LogP contribution in [0.5, 0.6) is 23.0 Å². The van der Waals surface area contributed by atoms with Crippen LogP contribution >= 0.6 is 11.6 Å². The Balaban J connectivity index is 1.96.